The number of aromatic nitrogens is 3. The second-order valence-electron chi connectivity index (χ2n) is 10.1. The minimum absolute atomic E-state index is 0.731. The van der Waals surface area contributed by atoms with Crippen LogP contribution in [0.4, 0.5) is 0 Å². The summed E-state index contributed by atoms with van der Waals surface area (Å²) in [6, 6.07) is 44.7. The van der Waals surface area contributed by atoms with E-state index in [4.69, 9.17) is 9.97 Å². The molecular formula is C37H23N3. The zero-order valence-electron chi connectivity index (χ0n) is 21.6. The number of fused-ring (bicyclic) bond motifs is 3. The molecule has 40 heavy (non-hydrogen) atoms. The largest absolute Gasteiger partial charge is 0.265 e. The van der Waals surface area contributed by atoms with Gasteiger partial charge in [-0.1, -0.05) is 103 Å². The Morgan fingerprint density at radius 3 is 1.65 bits per heavy atom. The number of benzene rings is 5. The molecule has 2 heterocycles. The van der Waals surface area contributed by atoms with Crippen LogP contribution in [0.25, 0.3) is 78.1 Å². The molecule has 0 fully saturated rings. The average Bonchev–Trinajstić information content (AvgIpc) is 3.37. The molecule has 0 unspecified atom stereocenters. The van der Waals surface area contributed by atoms with Crippen molar-refractivity contribution in [1.82, 2.24) is 15.0 Å². The van der Waals surface area contributed by atoms with Crippen LogP contribution in [0.5, 0.6) is 0 Å². The van der Waals surface area contributed by atoms with Gasteiger partial charge in [-0.05, 0) is 68.4 Å². The predicted octanol–water partition coefficient (Wildman–Crippen LogP) is 9.34. The van der Waals surface area contributed by atoms with Crippen molar-refractivity contribution in [3.8, 4) is 67.3 Å². The first-order valence-electron chi connectivity index (χ1n) is 13.4. The van der Waals surface area contributed by atoms with Crippen LogP contribution in [-0.2, 0) is 0 Å². The van der Waals surface area contributed by atoms with Crippen molar-refractivity contribution in [2.75, 3.05) is 0 Å². The molecule has 0 saturated carbocycles. The van der Waals surface area contributed by atoms with Crippen molar-refractivity contribution in [3.05, 3.63) is 140 Å². The summed E-state index contributed by atoms with van der Waals surface area (Å²) < 4.78 is 0. The molecule has 0 bridgehead atoms. The summed E-state index contributed by atoms with van der Waals surface area (Å²) in [4.78, 5) is 14.4. The Morgan fingerprint density at radius 2 is 0.925 bits per heavy atom. The second-order valence-corrected chi connectivity index (χ2v) is 10.1. The van der Waals surface area contributed by atoms with Gasteiger partial charge in [-0.3, -0.25) is 4.98 Å². The van der Waals surface area contributed by atoms with Crippen molar-refractivity contribution in [1.29, 1.82) is 0 Å². The van der Waals surface area contributed by atoms with E-state index in [1.54, 1.807) is 0 Å². The Bertz CT molecular complexity index is 2000. The van der Waals surface area contributed by atoms with Gasteiger partial charge in [-0.25, -0.2) is 9.97 Å². The number of hydrogen-bond acceptors (Lipinski definition) is 3. The first-order valence-corrected chi connectivity index (χ1v) is 13.4. The van der Waals surface area contributed by atoms with E-state index in [2.05, 4.69) is 114 Å². The monoisotopic (exact) mass is 509 g/mol. The smallest absolute Gasteiger partial charge is 0.161 e. The van der Waals surface area contributed by atoms with Crippen molar-refractivity contribution in [2.45, 2.75) is 0 Å². The van der Waals surface area contributed by atoms with Crippen LogP contribution in [0.2, 0.25) is 0 Å². The molecule has 0 N–H and O–H groups in total. The van der Waals surface area contributed by atoms with Crippen molar-refractivity contribution in [3.63, 3.8) is 0 Å². The third-order valence-corrected chi connectivity index (χ3v) is 7.78. The molecule has 0 amide bonds. The van der Waals surface area contributed by atoms with Gasteiger partial charge in [0.15, 0.2) is 5.82 Å². The van der Waals surface area contributed by atoms with E-state index >= 15 is 0 Å². The lowest BCUT2D eigenvalue weighted by atomic mass is 9.97. The fraction of sp³-hybridized carbons (Fsp3) is 0. The standard InChI is InChI=1S/C37H23N3/c1-2-7-26(8-3-1)34-23-35(27-15-13-24(14-16-27)25-19-21-38-22-20-25)40-37(39-34)33-18-17-32-29-10-5-4-9-28(29)30-11-6-12-31(33)36(30)32/h1-23H. The van der Waals surface area contributed by atoms with E-state index in [1.807, 2.05) is 30.6 Å². The number of nitrogens with zero attached hydrogens (tertiary/aromatic N) is 3. The predicted molar refractivity (Wildman–Crippen MR) is 164 cm³/mol. The molecule has 0 saturated heterocycles. The zero-order valence-corrected chi connectivity index (χ0v) is 21.6. The van der Waals surface area contributed by atoms with Crippen LogP contribution in [-0.4, -0.2) is 15.0 Å². The number of pyridine rings is 1. The van der Waals surface area contributed by atoms with Gasteiger partial charge in [-0.15, -0.1) is 0 Å². The van der Waals surface area contributed by atoms with E-state index in [-0.39, 0.29) is 0 Å². The molecule has 5 aromatic carbocycles. The molecule has 0 aliphatic heterocycles. The Morgan fingerprint density at radius 1 is 0.375 bits per heavy atom. The third kappa shape index (κ3) is 3.63. The molecular weight excluding hydrogens is 486 g/mol. The lowest BCUT2D eigenvalue weighted by molar-refractivity contribution is 1.19. The Hall–Kier alpha value is -5.41. The highest BCUT2D eigenvalue weighted by Gasteiger charge is 2.23. The number of rotatable bonds is 4. The Labute approximate surface area is 232 Å². The van der Waals surface area contributed by atoms with Crippen LogP contribution in [0, 0.1) is 0 Å². The summed E-state index contributed by atoms with van der Waals surface area (Å²) in [7, 11) is 0. The zero-order chi connectivity index (χ0) is 26.5. The number of hydrogen-bond donors (Lipinski definition) is 0. The minimum Gasteiger partial charge on any atom is -0.265 e. The third-order valence-electron chi connectivity index (χ3n) is 7.78. The van der Waals surface area contributed by atoms with Gasteiger partial charge in [0.25, 0.3) is 0 Å². The van der Waals surface area contributed by atoms with Crippen molar-refractivity contribution < 1.29 is 0 Å². The van der Waals surface area contributed by atoms with Crippen molar-refractivity contribution >= 4 is 10.8 Å². The maximum Gasteiger partial charge on any atom is 0.161 e. The maximum atomic E-state index is 5.16. The van der Waals surface area contributed by atoms with Crippen LogP contribution in [0.3, 0.4) is 0 Å². The van der Waals surface area contributed by atoms with Gasteiger partial charge < -0.3 is 0 Å². The fourth-order valence-electron chi connectivity index (χ4n) is 5.85. The normalized spacial score (nSPS) is 11.5. The summed E-state index contributed by atoms with van der Waals surface area (Å²) in [5.41, 5.74) is 12.4. The second kappa shape index (κ2) is 9.11. The molecule has 7 aromatic rings. The van der Waals surface area contributed by atoms with E-state index in [1.165, 1.54) is 33.0 Å². The lowest BCUT2D eigenvalue weighted by Gasteiger charge is -2.12. The molecule has 8 rings (SSSR count). The maximum absolute atomic E-state index is 5.16. The van der Waals surface area contributed by atoms with E-state index < -0.39 is 0 Å². The molecule has 0 radical (unpaired) electrons. The van der Waals surface area contributed by atoms with Crippen LogP contribution in [0.1, 0.15) is 0 Å². The summed E-state index contributed by atoms with van der Waals surface area (Å²) in [5, 5.41) is 2.45. The summed E-state index contributed by atoms with van der Waals surface area (Å²) in [6.07, 6.45) is 3.64. The molecule has 1 aliphatic carbocycles. The lowest BCUT2D eigenvalue weighted by Crippen LogP contribution is -1.97. The first-order chi connectivity index (χ1) is 19.8. The van der Waals surface area contributed by atoms with Gasteiger partial charge in [0.2, 0.25) is 0 Å². The quantitative estimate of drug-likeness (QED) is 0.237. The SMILES string of the molecule is c1ccc(-c2cc(-c3ccc(-c4ccncc4)cc3)nc(-c3ccc4c5c(cccc35)-c3ccccc3-4)n2)cc1. The molecule has 0 spiro atoms. The summed E-state index contributed by atoms with van der Waals surface area (Å²) in [5.74, 6) is 0.731. The van der Waals surface area contributed by atoms with Crippen LogP contribution < -0.4 is 0 Å². The average molecular weight is 510 g/mol. The van der Waals surface area contributed by atoms with Gasteiger partial charge in [0, 0.05) is 29.1 Å². The first kappa shape index (κ1) is 22.6. The molecule has 0 atom stereocenters. The van der Waals surface area contributed by atoms with Gasteiger partial charge in [0.05, 0.1) is 11.4 Å². The topological polar surface area (TPSA) is 38.7 Å². The minimum atomic E-state index is 0.731. The molecule has 3 heteroatoms. The molecule has 2 aromatic heterocycles. The Kier molecular flexibility index (Phi) is 5.14. The van der Waals surface area contributed by atoms with E-state index in [9.17, 15) is 0 Å². The highest BCUT2D eigenvalue weighted by atomic mass is 14.9. The van der Waals surface area contributed by atoms with Crippen molar-refractivity contribution in [2.24, 2.45) is 0 Å². The highest BCUT2D eigenvalue weighted by molar-refractivity contribution is 6.18. The molecule has 1 aliphatic rings. The van der Waals surface area contributed by atoms with Gasteiger partial charge >= 0.3 is 0 Å². The molecule has 3 nitrogen and oxygen atoms in total. The summed E-state index contributed by atoms with van der Waals surface area (Å²) >= 11 is 0. The van der Waals surface area contributed by atoms with E-state index in [0.717, 1.165) is 45.0 Å². The molecule has 186 valence electrons. The van der Waals surface area contributed by atoms with E-state index in [0.29, 0.717) is 0 Å². The van der Waals surface area contributed by atoms with Gasteiger partial charge in [0.1, 0.15) is 0 Å². The van der Waals surface area contributed by atoms with Crippen LogP contribution >= 0.6 is 0 Å². The fourth-order valence-corrected chi connectivity index (χ4v) is 5.85. The Balaban J connectivity index is 1.32. The highest BCUT2D eigenvalue weighted by Crippen LogP contribution is 2.49. The van der Waals surface area contributed by atoms with Gasteiger partial charge in [-0.2, -0.15) is 0 Å². The van der Waals surface area contributed by atoms with Crippen LogP contribution in [0.15, 0.2) is 140 Å². The summed E-state index contributed by atoms with van der Waals surface area (Å²) in [6.45, 7) is 0.